The van der Waals surface area contributed by atoms with E-state index in [0.29, 0.717) is 0 Å². The summed E-state index contributed by atoms with van der Waals surface area (Å²) in [6.45, 7) is 12.7. The highest BCUT2D eigenvalue weighted by atomic mass is 16.4. The molecule has 2 N–H and O–H groups in total. The highest BCUT2D eigenvalue weighted by molar-refractivity contribution is 5.84. The molecule has 2 aromatic rings. The van der Waals surface area contributed by atoms with Crippen LogP contribution in [-0.2, 0) is 12.8 Å². The number of nitrogens with zero attached hydrogens (tertiary/aromatic N) is 2. The van der Waals surface area contributed by atoms with E-state index >= 15 is 0 Å². The van der Waals surface area contributed by atoms with E-state index in [1.165, 1.54) is 46.2 Å². The van der Waals surface area contributed by atoms with Crippen molar-refractivity contribution in [1.82, 2.24) is 0 Å². The van der Waals surface area contributed by atoms with Gasteiger partial charge in [-0.25, -0.2) is 0 Å². The average Bonchev–Trinajstić information content (AvgIpc) is 2.69. The molecule has 0 saturated carbocycles. The van der Waals surface area contributed by atoms with E-state index < -0.39 is 0 Å². The van der Waals surface area contributed by atoms with Crippen LogP contribution in [0, 0.1) is 41.5 Å². The Hall–Kier alpha value is -2.62. The summed E-state index contributed by atoms with van der Waals surface area (Å²) in [6.07, 6.45) is 9.94. The standard InChI is InChI=1S/C26H36N2O2/c1-17-13-19(3)25(15-27-29)21(5)23(17)11-9-7-8-10-12-24-18(2)14-20(4)26(16-28-30)22(24)6/h13-16,29-30H,7-12H2,1-6H3/b27-15-,28-16+. The van der Waals surface area contributed by atoms with E-state index in [9.17, 15) is 0 Å². The summed E-state index contributed by atoms with van der Waals surface area (Å²) in [5, 5.41) is 24.4. The lowest BCUT2D eigenvalue weighted by atomic mass is 9.89. The molecule has 0 unspecified atom stereocenters. The summed E-state index contributed by atoms with van der Waals surface area (Å²) in [5.74, 6) is 0. The Morgan fingerprint density at radius 3 is 1.30 bits per heavy atom. The molecule has 0 aliphatic carbocycles. The Kier molecular flexibility index (Phi) is 8.64. The fourth-order valence-electron chi connectivity index (χ4n) is 4.73. The summed E-state index contributed by atoms with van der Waals surface area (Å²) in [7, 11) is 0. The van der Waals surface area contributed by atoms with Crippen LogP contribution >= 0.6 is 0 Å². The van der Waals surface area contributed by atoms with Gasteiger partial charge >= 0.3 is 0 Å². The summed E-state index contributed by atoms with van der Waals surface area (Å²) >= 11 is 0. The van der Waals surface area contributed by atoms with Gasteiger partial charge in [-0.3, -0.25) is 0 Å². The third-order valence-corrected chi connectivity index (χ3v) is 6.36. The molecule has 0 amide bonds. The molecule has 0 spiro atoms. The van der Waals surface area contributed by atoms with Crippen LogP contribution in [0.5, 0.6) is 0 Å². The van der Waals surface area contributed by atoms with Gasteiger partial charge in [-0.05, 0) is 112 Å². The van der Waals surface area contributed by atoms with E-state index in [1.807, 2.05) is 0 Å². The Morgan fingerprint density at radius 1 is 0.600 bits per heavy atom. The first-order chi connectivity index (χ1) is 14.3. The number of aryl methyl sites for hydroxylation is 4. The highest BCUT2D eigenvalue weighted by Crippen LogP contribution is 2.25. The van der Waals surface area contributed by atoms with Gasteiger partial charge in [0, 0.05) is 11.1 Å². The van der Waals surface area contributed by atoms with Crippen molar-refractivity contribution in [3.63, 3.8) is 0 Å². The maximum atomic E-state index is 8.95. The first-order valence-electron chi connectivity index (χ1n) is 10.9. The van der Waals surface area contributed by atoms with Gasteiger partial charge in [-0.2, -0.15) is 0 Å². The number of oxime groups is 2. The monoisotopic (exact) mass is 408 g/mol. The number of benzene rings is 2. The third kappa shape index (κ3) is 5.50. The van der Waals surface area contributed by atoms with Crippen LogP contribution in [0.3, 0.4) is 0 Å². The fraction of sp³-hybridized carbons (Fsp3) is 0.462. The van der Waals surface area contributed by atoms with Crippen molar-refractivity contribution in [2.24, 2.45) is 10.3 Å². The van der Waals surface area contributed by atoms with Crippen molar-refractivity contribution >= 4 is 12.4 Å². The Bertz CT molecular complexity index is 866. The molecule has 0 atom stereocenters. The molecule has 0 fully saturated rings. The lowest BCUT2D eigenvalue weighted by molar-refractivity contribution is 0.321. The zero-order valence-electron chi connectivity index (χ0n) is 19.3. The average molecular weight is 409 g/mol. The van der Waals surface area contributed by atoms with E-state index in [-0.39, 0.29) is 0 Å². The first kappa shape index (κ1) is 23.7. The SMILES string of the molecule is Cc1cc(C)c(CCCCCCc2c(C)cc(C)c(/C=N/O)c2C)c(C)c1/C=N\O. The van der Waals surface area contributed by atoms with Gasteiger partial charge in [0.2, 0.25) is 0 Å². The smallest absolute Gasteiger partial charge is 0.0739 e. The van der Waals surface area contributed by atoms with Crippen LogP contribution in [0.25, 0.3) is 0 Å². The second kappa shape index (κ2) is 11.0. The summed E-state index contributed by atoms with van der Waals surface area (Å²) in [4.78, 5) is 0. The van der Waals surface area contributed by atoms with Crippen LogP contribution in [-0.4, -0.2) is 22.8 Å². The van der Waals surface area contributed by atoms with Crippen LogP contribution in [0.1, 0.15) is 81.3 Å². The third-order valence-electron chi connectivity index (χ3n) is 6.36. The molecule has 0 aliphatic heterocycles. The van der Waals surface area contributed by atoms with Crippen molar-refractivity contribution in [2.75, 3.05) is 0 Å². The van der Waals surface area contributed by atoms with Crippen molar-refractivity contribution < 1.29 is 10.4 Å². The van der Waals surface area contributed by atoms with Crippen molar-refractivity contribution in [3.05, 3.63) is 67.8 Å². The van der Waals surface area contributed by atoms with Gasteiger partial charge in [-0.15, -0.1) is 0 Å². The molecular weight excluding hydrogens is 372 g/mol. The van der Waals surface area contributed by atoms with E-state index in [0.717, 1.165) is 47.9 Å². The summed E-state index contributed by atoms with van der Waals surface area (Å²) in [5.41, 5.74) is 12.2. The predicted molar refractivity (Wildman–Crippen MR) is 126 cm³/mol. The summed E-state index contributed by atoms with van der Waals surface area (Å²) in [6, 6.07) is 4.38. The normalized spacial score (nSPS) is 11.8. The largest absolute Gasteiger partial charge is 0.411 e. The number of hydrogen-bond donors (Lipinski definition) is 2. The van der Waals surface area contributed by atoms with Crippen LogP contribution in [0.4, 0.5) is 0 Å². The van der Waals surface area contributed by atoms with Crippen molar-refractivity contribution in [2.45, 2.75) is 80.1 Å². The van der Waals surface area contributed by atoms with Crippen LogP contribution in [0.15, 0.2) is 22.4 Å². The molecule has 30 heavy (non-hydrogen) atoms. The lowest BCUT2D eigenvalue weighted by Crippen LogP contribution is -2.03. The minimum absolute atomic E-state index is 1.03. The minimum atomic E-state index is 1.03. The molecule has 0 saturated heterocycles. The zero-order chi connectivity index (χ0) is 22.3. The van der Waals surface area contributed by atoms with Gasteiger partial charge in [-0.1, -0.05) is 35.3 Å². The minimum Gasteiger partial charge on any atom is -0.411 e. The fourth-order valence-corrected chi connectivity index (χ4v) is 4.73. The summed E-state index contributed by atoms with van der Waals surface area (Å²) < 4.78 is 0. The Morgan fingerprint density at radius 2 is 0.967 bits per heavy atom. The molecular formula is C26H36N2O2. The zero-order valence-corrected chi connectivity index (χ0v) is 19.3. The van der Waals surface area contributed by atoms with Crippen molar-refractivity contribution in [1.29, 1.82) is 0 Å². The Labute approximate surface area is 181 Å². The molecule has 2 aromatic carbocycles. The van der Waals surface area contributed by atoms with Crippen molar-refractivity contribution in [3.8, 4) is 0 Å². The van der Waals surface area contributed by atoms with Gasteiger partial charge in [0.05, 0.1) is 12.4 Å². The Balaban J connectivity index is 1.94. The maximum Gasteiger partial charge on any atom is 0.0739 e. The number of unbranched alkanes of at least 4 members (excludes halogenated alkanes) is 3. The predicted octanol–water partition coefficient (Wildman–Crippen LogP) is 6.50. The van der Waals surface area contributed by atoms with E-state index in [4.69, 9.17) is 10.4 Å². The second-order valence-corrected chi connectivity index (χ2v) is 8.46. The molecule has 162 valence electrons. The van der Waals surface area contributed by atoms with Gasteiger partial charge in [0.1, 0.15) is 0 Å². The van der Waals surface area contributed by atoms with Gasteiger partial charge < -0.3 is 10.4 Å². The lowest BCUT2D eigenvalue weighted by Gasteiger charge is -2.16. The topological polar surface area (TPSA) is 65.2 Å². The molecule has 0 radical (unpaired) electrons. The maximum absolute atomic E-state index is 8.95. The van der Waals surface area contributed by atoms with Crippen LogP contribution < -0.4 is 0 Å². The molecule has 0 aromatic heterocycles. The molecule has 0 bridgehead atoms. The molecule has 0 aliphatic rings. The van der Waals surface area contributed by atoms with E-state index in [1.54, 1.807) is 12.4 Å². The second-order valence-electron chi connectivity index (χ2n) is 8.46. The van der Waals surface area contributed by atoms with Gasteiger partial charge in [0.15, 0.2) is 0 Å². The molecule has 2 rings (SSSR count). The number of rotatable bonds is 9. The number of hydrogen-bond acceptors (Lipinski definition) is 4. The molecule has 0 heterocycles. The quantitative estimate of drug-likeness (QED) is 0.215. The highest BCUT2D eigenvalue weighted by Gasteiger charge is 2.11. The molecule has 4 nitrogen and oxygen atoms in total. The van der Waals surface area contributed by atoms with E-state index in [2.05, 4.69) is 64.0 Å². The van der Waals surface area contributed by atoms with Crippen LogP contribution in [0.2, 0.25) is 0 Å². The molecule has 4 heteroatoms. The first-order valence-corrected chi connectivity index (χ1v) is 10.9. The van der Waals surface area contributed by atoms with Gasteiger partial charge in [0.25, 0.3) is 0 Å².